The number of hydrogen-bond donors (Lipinski definition) is 1. The van der Waals surface area contributed by atoms with Crippen molar-refractivity contribution in [2.75, 3.05) is 19.7 Å². The molecular formula is C18H20ClN3O2. The van der Waals surface area contributed by atoms with E-state index in [0.717, 1.165) is 42.9 Å². The van der Waals surface area contributed by atoms with Crippen LogP contribution in [-0.4, -0.2) is 40.7 Å². The Morgan fingerprint density at radius 3 is 3.12 bits per heavy atom. The maximum Gasteiger partial charge on any atom is 0.229 e. The zero-order valence-electron chi connectivity index (χ0n) is 13.4. The van der Waals surface area contributed by atoms with E-state index in [0.29, 0.717) is 24.0 Å². The van der Waals surface area contributed by atoms with Gasteiger partial charge in [0.05, 0.1) is 5.92 Å². The number of amides is 1. The zero-order chi connectivity index (χ0) is 16.5. The first-order valence-electron chi connectivity index (χ1n) is 8.40. The van der Waals surface area contributed by atoms with Crippen LogP contribution >= 0.6 is 11.6 Å². The Hall–Kier alpha value is -2.01. The SMILES string of the molecule is O=C([C@H]1COc2ccc(Cl)cc2C1)N1CCC[C@H](c2ccn[nH]2)C1. The molecule has 2 atom stereocenters. The number of piperidine rings is 1. The van der Waals surface area contributed by atoms with Gasteiger partial charge in [-0.3, -0.25) is 9.89 Å². The summed E-state index contributed by atoms with van der Waals surface area (Å²) in [6.45, 7) is 2.01. The van der Waals surface area contributed by atoms with Crippen molar-refractivity contribution >= 4 is 17.5 Å². The quantitative estimate of drug-likeness (QED) is 0.910. The lowest BCUT2D eigenvalue weighted by molar-refractivity contribution is -0.138. The van der Waals surface area contributed by atoms with E-state index >= 15 is 0 Å². The average Bonchev–Trinajstić information content (AvgIpc) is 3.15. The number of nitrogens with zero attached hydrogens (tertiary/aromatic N) is 2. The van der Waals surface area contributed by atoms with Crippen molar-refractivity contribution in [1.29, 1.82) is 0 Å². The van der Waals surface area contributed by atoms with Crippen LogP contribution in [0, 0.1) is 5.92 Å². The van der Waals surface area contributed by atoms with Crippen molar-refractivity contribution in [1.82, 2.24) is 15.1 Å². The molecular weight excluding hydrogens is 326 g/mol. The van der Waals surface area contributed by atoms with E-state index in [1.807, 2.05) is 29.2 Å². The number of aromatic nitrogens is 2. The first kappa shape index (κ1) is 15.5. The minimum atomic E-state index is -0.128. The smallest absolute Gasteiger partial charge is 0.229 e. The third-order valence-corrected chi connectivity index (χ3v) is 5.21. The van der Waals surface area contributed by atoms with E-state index in [1.54, 1.807) is 6.20 Å². The minimum Gasteiger partial charge on any atom is -0.492 e. The molecule has 2 aromatic rings. The lowest BCUT2D eigenvalue weighted by Gasteiger charge is -2.35. The van der Waals surface area contributed by atoms with Gasteiger partial charge in [0.1, 0.15) is 12.4 Å². The third-order valence-electron chi connectivity index (χ3n) is 4.97. The zero-order valence-corrected chi connectivity index (χ0v) is 14.1. The fourth-order valence-electron chi connectivity index (χ4n) is 3.71. The Bertz CT molecular complexity index is 732. The van der Waals surface area contributed by atoms with Gasteiger partial charge < -0.3 is 9.64 Å². The van der Waals surface area contributed by atoms with Gasteiger partial charge in [-0.25, -0.2) is 0 Å². The molecule has 1 N–H and O–H groups in total. The number of rotatable bonds is 2. The van der Waals surface area contributed by atoms with E-state index < -0.39 is 0 Å². The predicted octanol–water partition coefficient (Wildman–Crippen LogP) is 3.02. The Labute approximate surface area is 145 Å². The van der Waals surface area contributed by atoms with Gasteiger partial charge >= 0.3 is 0 Å². The highest BCUT2D eigenvalue weighted by Gasteiger charge is 2.33. The largest absolute Gasteiger partial charge is 0.492 e. The van der Waals surface area contributed by atoms with Gasteiger partial charge in [0.2, 0.25) is 5.91 Å². The number of likely N-dealkylation sites (tertiary alicyclic amines) is 1. The number of nitrogens with one attached hydrogen (secondary N) is 1. The number of hydrogen-bond acceptors (Lipinski definition) is 3. The lowest BCUT2D eigenvalue weighted by atomic mass is 9.91. The number of H-pyrrole nitrogens is 1. The maximum atomic E-state index is 13.0. The Kier molecular flexibility index (Phi) is 4.19. The topological polar surface area (TPSA) is 58.2 Å². The van der Waals surface area contributed by atoms with E-state index in [-0.39, 0.29) is 11.8 Å². The molecule has 1 saturated heterocycles. The van der Waals surface area contributed by atoms with Gasteiger partial charge in [0.15, 0.2) is 0 Å². The van der Waals surface area contributed by atoms with Gasteiger partial charge in [-0.1, -0.05) is 11.6 Å². The van der Waals surface area contributed by atoms with Crippen molar-refractivity contribution in [3.8, 4) is 5.75 Å². The highest BCUT2D eigenvalue weighted by atomic mass is 35.5. The van der Waals surface area contributed by atoms with E-state index in [2.05, 4.69) is 10.2 Å². The molecule has 5 nitrogen and oxygen atoms in total. The van der Waals surface area contributed by atoms with E-state index in [4.69, 9.17) is 16.3 Å². The highest BCUT2D eigenvalue weighted by molar-refractivity contribution is 6.30. The van der Waals surface area contributed by atoms with Gasteiger partial charge in [-0.15, -0.1) is 0 Å². The fraction of sp³-hybridized carbons (Fsp3) is 0.444. The summed E-state index contributed by atoms with van der Waals surface area (Å²) in [5.41, 5.74) is 2.14. The van der Waals surface area contributed by atoms with E-state index in [9.17, 15) is 4.79 Å². The molecule has 3 heterocycles. The maximum absolute atomic E-state index is 13.0. The second-order valence-electron chi connectivity index (χ2n) is 6.60. The Balaban J connectivity index is 1.46. The summed E-state index contributed by atoms with van der Waals surface area (Å²) in [6.07, 6.45) is 4.57. The monoisotopic (exact) mass is 345 g/mol. The number of aromatic amines is 1. The molecule has 6 heteroatoms. The van der Waals surface area contributed by atoms with Crippen molar-refractivity contribution in [2.24, 2.45) is 5.92 Å². The van der Waals surface area contributed by atoms with Gasteiger partial charge in [-0.05, 0) is 49.1 Å². The molecule has 2 aliphatic heterocycles. The predicted molar refractivity (Wildman–Crippen MR) is 91.3 cm³/mol. The molecule has 2 aliphatic rings. The van der Waals surface area contributed by atoms with Gasteiger partial charge in [0, 0.05) is 35.9 Å². The van der Waals surface area contributed by atoms with Crippen molar-refractivity contribution in [3.63, 3.8) is 0 Å². The molecule has 0 bridgehead atoms. The molecule has 0 spiro atoms. The van der Waals surface area contributed by atoms with Gasteiger partial charge in [-0.2, -0.15) is 5.10 Å². The molecule has 0 saturated carbocycles. The van der Waals surface area contributed by atoms with Crippen LogP contribution in [0.2, 0.25) is 5.02 Å². The second kappa shape index (κ2) is 6.48. The summed E-state index contributed by atoms with van der Waals surface area (Å²) in [7, 11) is 0. The van der Waals surface area contributed by atoms with Crippen LogP contribution in [-0.2, 0) is 11.2 Å². The fourth-order valence-corrected chi connectivity index (χ4v) is 3.90. The van der Waals surface area contributed by atoms with Crippen LogP contribution < -0.4 is 4.74 Å². The standard InChI is InChI=1S/C18H20ClN3O2/c19-15-3-4-17-13(9-15)8-14(11-24-17)18(23)22-7-1-2-12(10-22)16-5-6-20-21-16/h3-6,9,12,14H,1-2,7-8,10-11H2,(H,20,21)/t12-,14+/m0/s1. The molecule has 1 amide bonds. The molecule has 0 unspecified atom stereocenters. The van der Waals surface area contributed by atoms with Crippen molar-refractivity contribution in [3.05, 3.63) is 46.7 Å². The van der Waals surface area contributed by atoms with E-state index in [1.165, 1.54) is 0 Å². The summed E-state index contributed by atoms with van der Waals surface area (Å²) < 4.78 is 5.78. The summed E-state index contributed by atoms with van der Waals surface area (Å²) in [4.78, 5) is 14.9. The van der Waals surface area contributed by atoms with Gasteiger partial charge in [0.25, 0.3) is 0 Å². The number of fused-ring (bicyclic) bond motifs is 1. The number of benzene rings is 1. The normalized spacial score (nSPS) is 23.5. The van der Waals surface area contributed by atoms with Crippen molar-refractivity contribution < 1.29 is 9.53 Å². The molecule has 0 radical (unpaired) electrons. The van der Waals surface area contributed by atoms with Crippen LogP contribution in [0.3, 0.4) is 0 Å². The average molecular weight is 346 g/mol. The van der Waals surface area contributed by atoms with Crippen LogP contribution in [0.1, 0.15) is 30.0 Å². The molecule has 0 aliphatic carbocycles. The minimum absolute atomic E-state index is 0.128. The molecule has 4 rings (SSSR count). The molecule has 1 aromatic carbocycles. The number of carbonyl (C=O) groups excluding carboxylic acids is 1. The van der Waals surface area contributed by atoms with Crippen LogP contribution in [0.25, 0.3) is 0 Å². The van der Waals surface area contributed by atoms with Crippen molar-refractivity contribution in [2.45, 2.75) is 25.2 Å². The first-order chi connectivity index (χ1) is 11.7. The van der Waals surface area contributed by atoms with Crippen LogP contribution in [0.15, 0.2) is 30.5 Å². The summed E-state index contributed by atoms with van der Waals surface area (Å²) >= 11 is 6.07. The molecule has 24 heavy (non-hydrogen) atoms. The highest BCUT2D eigenvalue weighted by Crippen LogP contribution is 2.32. The molecule has 1 fully saturated rings. The first-order valence-corrected chi connectivity index (χ1v) is 8.78. The Morgan fingerprint density at radius 1 is 1.38 bits per heavy atom. The lowest BCUT2D eigenvalue weighted by Crippen LogP contribution is -2.45. The number of halogens is 1. The van der Waals surface area contributed by atoms with Crippen LogP contribution in [0.4, 0.5) is 0 Å². The summed E-state index contributed by atoms with van der Waals surface area (Å²) in [6, 6.07) is 7.61. The van der Waals surface area contributed by atoms with Crippen LogP contribution in [0.5, 0.6) is 5.75 Å². The number of carbonyl (C=O) groups is 1. The number of ether oxygens (including phenoxy) is 1. The third kappa shape index (κ3) is 3.00. The summed E-state index contributed by atoms with van der Waals surface area (Å²) in [5.74, 6) is 1.25. The molecule has 1 aromatic heterocycles. The second-order valence-corrected chi connectivity index (χ2v) is 7.04. The summed E-state index contributed by atoms with van der Waals surface area (Å²) in [5, 5.41) is 7.75. The molecule has 126 valence electrons. The Morgan fingerprint density at radius 2 is 2.29 bits per heavy atom.